The fraction of sp³-hybridized carbons (Fsp3) is 0.467. The van der Waals surface area contributed by atoms with E-state index in [9.17, 15) is 0 Å². The second-order valence-electron chi connectivity index (χ2n) is 5.00. The maximum absolute atomic E-state index is 5.48. The minimum Gasteiger partial charge on any atom is -0.493 e. The van der Waals surface area contributed by atoms with Crippen molar-refractivity contribution in [3.63, 3.8) is 0 Å². The van der Waals surface area contributed by atoms with Crippen molar-refractivity contribution in [3.05, 3.63) is 29.4 Å². The van der Waals surface area contributed by atoms with Gasteiger partial charge in [-0.1, -0.05) is 5.16 Å². The number of hydrogen-bond acceptors (Lipinski definition) is 8. The Balaban J connectivity index is 2.14. The van der Waals surface area contributed by atoms with E-state index in [0.717, 1.165) is 28.5 Å². The predicted octanol–water partition coefficient (Wildman–Crippen LogP) is 1.90. The normalized spacial score (nSPS) is 11.0. The van der Waals surface area contributed by atoms with Crippen molar-refractivity contribution in [2.24, 2.45) is 5.73 Å². The summed E-state index contributed by atoms with van der Waals surface area (Å²) >= 11 is 1.67. The van der Waals surface area contributed by atoms with Crippen LogP contribution in [0, 0.1) is 0 Å². The topological polar surface area (TPSA) is 86.6 Å². The molecule has 7 nitrogen and oxygen atoms in total. The smallest absolute Gasteiger partial charge is 0.240 e. The summed E-state index contributed by atoms with van der Waals surface area (Å²) in [6.07, 6.45) is 2.04. The number of benzene rings is 1. The van der Waals surface area contributed by atoms with Gasteiger partial charge in [-0.05, 0) is 31.0 Å². The Morgan fingerprint density at radius 3 is 2.48 bits per heavy atom. The average Bonchev–Trinajstić information content (AvgIpc) is 3.01. The molecule has 0 bridgehead atoms. The predicted molar refractivity (Wildman–Crippen MR) is 88.7 cm³/mol. The highest BCUT2D eigenvalue weighted by Crippen LogP contribution is 2.35. The van der Waals surface area contributed by atoms with E-state index in [1.54, 1.807) is 26.0 Å². The molecule has 0 saturated carbocycles. The van der Waals surface area contributed by atoms with Crippen LogP contribution in [0.5, 0.6) is 11.5 Å². The summed E-state index contributed by atoms with van der Waals surface area (Å²) in [5.74, 6) is 2.52. The minimum absolute atomic E-state index is 0.253. The van der Waals surface area contributed by atoms with Crippen molar-refractivity contribution in [2.75, 3.05) is 27.5 Å². The number of ether oxygens (including phenoxy) is 2. The summed E-state index contributed by atoms with van der Waals surface area (Å²) in [5, 5.41) is 3.91. The fourth-order valence-corrected chi connectivity index (χ4v) is 2.85. The molecule has 0 atom stereocenters. The first-order valence-electron chi connectivity index (χ1n) is 7.10. The number of aromatic nitrogens is 2. The van der Waals surface area contributed by atoms with Gasteiger partial charge in [0.25, 0.3) is 0 Å². The molecule has 0 saturated heterocycles. The van der Waals surface area contributed by atoms with Gasteiger partial charge in [-0.3, -0.25) is 4.90 Å². The quantitative estimate of drug-likeness (QED) is 0.730. The molecule has 2 rings (SSSR count). The van der Waals surface area contributed by atoms with Crippen LogP contribution in [-0.4, -0.2) is 42.6 Å². The first-order chi connectivity index (χ1) is 11.1. The van der Waals surface area contributed by atoms with E-state index in [2.05, 4.69) is 15.0 Å². The van der Waals surface area contributed by atoms with Crippen LogP contribution in [0.25, 0.3) is 0 Å². The molecule has 8 heteroatoms. The standard InChI is InChI=1S/C15H22N4O3S/c1-19(9-14-17-15(7-16)22-18-14)8-10-5-11(20-2)12(21-3)6-13(10)23-4/h5-6H,7-9,16H2,1-4H3. The molecule has 1 aromatic heterocycles. The third kappa shape index (κ3) is 4.37. The Kier molecular flexibility index (Phi) is 6.26. The van der Waals surface area contributed by atoms with Crippen LogP contribution in [0.15, 0.2) is 21.6 Å². The molecule has 1 aromatic carbocycles. The van der Waals surface area contributed by atoms with Crippen molar-refractivity contribution in [1.29, 1.82) is 0 Å². The SMILES string of the molecule is COc1cc(CN(C)Cc2noc(CN)n2)c(SC)cc1OC. The molecule has 0 fully saturated rings. The lowest BCUT2D eigenvalue weighted by Crippen LogP contribution is -2.18. The van der Waals surface area contributed by atoms with Crippen LogP contribution in [0.2, 0.25) is 0 Å². The first kappa shape index (κ1) is 17.6. The van der Waals surface area contributed by atoms with Gasteiger partial charge in [0.1, 0.15) is 0 Å². The second-order valence-corrected chi connectivity index (χ2v) is 5.85. The maximum Gasteiger partial charge on any atom is 0.240 e. The van der Waals surface area contributed by atoms with Crippen LogP contribution in [0.3, 0.4) is 0 Å². The van der Waals surface area contributed by atoms with E-state index >= 15 is 0 Å². The molecular formula is C15H22N4O3S. The van der Waals surface area contributed by atoms with Gasteiger partial charge in [-0.2, -0.15) is 4.98 Å². The monoisotopic (exact) mass is 338 g/mol. The summed E-state index contributed by atoms with van der Waals surface area (Å²) in [6.45, 7) is 1.55. The lowest BCUT2D eigenvalue weighted by Gasteiger charge is -2.18. The highest BCUT2D eigenvalue weighted by molar-refractivity contribution is 7.98. The van der Waals surface area contributed by atoms with Crippen LogP contribution in [0.4, 0.5) is 0 Å². The van der Waals surface area contributed by atoms with Crippen molar-refractivity contribution < 1.29 is 14.0 Å². The lowest BCUT2D eigenvalue weighted by atomic mass is 10.2. The van der Waals surface area contributed by atoms with Crippen molar-refractivity contribution in [3.8, 4) is 11.5 Å². The summed E-state index contributed by atoms with van der Waals surface area (Å²) < 4.78 is 15.8. The van der Waals surface area contributed by atoms with Gasteiger partial charge in [0, 0.05) is 11.4 Å². The fourth-order valence-electron chi connectivity index (χ4n) is 2.24. The molecule has 0 amide bonds. The molecule has 0 unspecified atom stereocenters. The Labute approximate surface area is 140 Å². The summed E-state index contributed by atoms with van der Waals surface area (Å²) in [5.41, 5.74) is 6.63. The highest BCUT2D eigenvalue weighted by Gasteiger charge is 2.14. The molecule has 1 heterocycles. The average molecular weight is 338 g/mol. The third-order valence-electron chi connectivity index (χ3n) is 3.32. The zero-order valence-corrected chi connectivity index (χ0v) is 14.6. The van der Waals surface area contributed by atoms with Crippen LogP contribution < -0.4 is 15.2 Å². The Hall–Kier alpha value is -1.77. The lowest BCUT2D eigenvalue weighted by molar-refractivity contribution is 0.296. The number of nitrogens with two attached hydrogens (primary N) is 1. The van der Waals surface area contributed by atoms with Crippen LogP contribution in [0.1, 0.15) is 17.3 Å². The van der Waals surface area contributed by atoms with Gasteiger partial charge >= 0.3 is 0 Å². The van der Waals surface area contributed by atoms with Gasteiger partial charge < -0.3 is 19.7 Å². The molecule has 0 aliphatic rings. The molecule has 2 aromatic rings. The van der Waals surface area contributed by atoms with E-state index in [1.165, 1.54) is 0 Å². The molecule has 0 radical (unpaired) electrons. The number of nitrogens with zero attached hydrogens (tertiary/aromatic N) is 3. The van der Waals surface area contributed by atoms with E-state index in [-0.39, 0.29) is 6.54 Å². The first-order valence-corrected chi connectivity index (χ1v) is 8.32. The molecule has 0 aliphatic carbocycles. The molecule has 23 heavy (non-hydrogen) atoms. The summed E-state index contributed by atoms with van der Waals surface area (Å²) in [6, 6.07) is 4.00. The summed E-state index contributed by atoms with van der Waals surface area (Å²) in [7, 11) is 5.27. The van der Waals surface area contributed by atoms with E-state index in [4.69, 9.17) is 19.7 Å². The molecular weight excluding hydrogens is 316 g/mol. The van der Waals surface area contributed by atoms with Crippen molar-refractivity contribution >= 4 is 11.8 Å². The Morgan fingerprint density at radius 1 is 1.22 bits per heavy atom. The number of methoxy groups -OCH3 is 2. The Morgan fingerprint density at radius 2 is 1.91 bits per heavy atom. The minimum atomic E-state index is 0.253. The zero-order valence-electron chi connectivity index (χ0n) is 13.8. The number of thioether (sulfide) groups is 1. The van der Waals surface area contributed by atoms with E-state index in [0.29, 0.717) is 18.3 Å². The molecule has 0 aliphatic heterocycles. The summed E-state index contributed by atoms with van der Waals surface area (Å²) in [4.78, 5) is 7.47. The van der Waals surface area contributed by atoms with Crippen LogP contribution >= 0.6 is 11.8 Å². The molecule has 126 valence electrons. The van der Waals surface area contributed by atoms with E-state index < -0.39 is 0 Å². The molecule has 0 spiro atoms. The van der Waals surface area contributed by atoms with Crippen LogP contribution in [-0.2, 0) is 19.6 Å². The van der Waals surface area contributed by atoms with Crippen molar-refractivity contribution in [2.45, 2.75) is 24.5 Å². The Bertz CT molecular complexity index is 648. The largest absolute Gasteiger partial charge is 0.493 e. The third-order valence-corrected chi connectivity index (χ3v) is 4.14. The maximum atomic E-state index is 5.48. The highest BCUT2D eigenvalue weighted by atomic mass is 32.2. The number of hydrogen-bond donors (Lipinski definition) is 1. The number of rotatable bonds is 8. The second kappa shape index (κ2) is 8.19. The van der Waals surface area contributed by atoms with Gasteiger partial charge in [-0.15, -0.1) is 11.8 Å². The molecule has 2 N–H and O–H groups in total. The van der Waals surface area contributed by atoms with Gasteiger partial charge in [-0.25, -0.2) is 0 Å². The van der Waals surface area contributed by atoms with Gasteiger partial charge in [0.15, 0.2) is 17.3 Å². The van der Waals surface area contributed by atoms with Crippen molar-refractivity contribution in [1.82, 2.24) is 15.0 Å². The van der Waals surface area contributed by atoms with Gasteiger partial charge in [0.05, 0.1) is 27.3 Å². The zero-order chi connectivity index (χ0) is 16.8. The van der Waals surface area contributed by atoms with E-state index in [1.807, 2.05) is 25.4 Å². The van der Waals surface area contributed by atoms with Gasteiger partial charge in [0.2, 0.25) is 5.89 Å².